The number of rotatable bonds is 5. The third kappa shape index (κ3) is 3.93. The van der Waals surface area contributed by atoms with Crippen LogP contribution in [0.25, 0.3) is 0 Å². The molecule has 0 aromatic heterocycles. The van der Waals surface area contributed by atoms with Crippen LogP contribution in [0, 0.1) is 6.92 Å². The van der Waals surface area contributed by atoms with Crippen molar-refractivity contribution >= 4 is 10.0 Å². The van der Waals surface area contributed by atoms with Crippen LogP contribution in [0.5, 0.6) is 0 Å². The first kappa shape index (κ1) is 15.7. The highest BCUT2D eigenvalue weighted by Gasteiger charge is 2.15. The Morgan fingerprint density at radius 2 is 1.62 bits per heavy atom. The van der Waals surface area contributed by atoms with Crippen LogP contribution < -0.4 is 4.72 Å². The van der Waals surface area contributed by atoms with E-state index in [1.54, 1.807) is 25.1 Å². The van der Waals surface area contributed by atoms with Crippen molar-refractivity contribution in [3.05, 3.63) is 65.2 Å². The van der Waals surface area contributed by atoms with Gasteiger partial charge in [-0.1, -0.05) is 56.3 Å². The summed E-state index contributed by atoms with van der Waals surface area (Å²) in [4.78, 5) is 0.337. The topological polar surface area (TPSA) is 46.2 Å². The van der Waals surface area contributed by atoms with Crippen LogP contribution in [0.1, 0.15) is 36.5 Å². The van der Waals surface area contributed by atoms with E-state index in [-0.39, 0.29) is 0 Å². The maximum Gasteiger partial charge on any atom is 0.241 e. The van der Waals surface area contributed by atoms with E-state index >= 15 is 0 Å². The summed E-state index contributed by atoms with van der Waals surface area (Å²) in [5, 5.41) is 0. The minimum absolute atomic E-state index is 0.301. The molecule has 4 heteroatoms. The molecule has 1 N–H and O–H groups in total. The SMILES string of the molecule is Cc1ccccc1S(=O)(=O)NCc1ccc(C(C)C)cc1. The van der Waals surface area contributed by atoms with Crippen molar-refractivity contribution in [3.63, 3.8) is 0 Å². The third-order valence-electron chi connectivity index (χ3n) is 3.50. The molecule has 0 heterocycles. The summed E-state index contributed by atoms with van der Waals surface area (Å²) in [5.41, 5.74) is 2.96. The van der Waals surface area contributed by atoms with E-state index < -0.39 is 10.0 Å². The predicted octanol–water partition coefficient (Wildman–Crippen LogP) is 3.60. The number of hydrogen-bond donors (Lipinski definition) is 1. The van der Waals surface area contributed by atoms with Crippen molar-refractivity contribution in [3.8, 4) is 0 Å². The molecule has 0 spiro atoms. The zero-order chi connectivity index (χ0) is 15.5. The zero-order valence-corrected chi connectivity index (χ0v) is 13.4. The molecule has 0 aliphatic heterocycles. The van der Waals surface area contributed by atoms with Gasteiger partial charge in [-0.25, -0.2) is 13.1 Å². The summed E-state index contributed by atoms with van der Waals surface area (Å²) < 4.78 is 27.2. The van der Waals surface area contributed by atoms with Crippen LogP contribution in [0.3, 0.4) is 0 Å². The highest BCUT2D eigenvalue weighted by molar-refractivity contribution is 7.89. The molecule has 0 fully saturated rings. The molecule has 0 amide bonds. The second kappa shape index (κ2) is 6.41. The van der Waals surface area contributed by atoms with E-state index in [0.717, 1.165) is 11.1 Å². The van der Waals surface area contributed by atoms with Gasteiger partial charge in [0.1, 0.15) is 0 Å². The number of nitrogens with one attached hydrogen (secondary N) is 1. The molecule has 0 aliphatic rings. The normalized spacial score (nSPS) is 11.8. The largest absolute Gasteiger partial charge is 0.241 e. The fraction of sp³-hybridized carbons (Fsp3) is 0.294. The summed E-state index contributed by atoms with van der Waals surface area (Å²) >= 11 is 0. The zero-order valence-electron chi connectivity index (χ0n) is 12.6. The highest BCUT2D eigenvalue weighted by atomic mass is 32.2. The van der Waals surface area contributed by atoms with Gasteiger partial charge < -0.3 is 0 Å². The Bertz CT molecular complexity index is 704. The van der Waals surface area contributed by atoms with E-state index in [2.05, 4.69) is 18.6 Å². The van der Waals surface area contributed by atoms with Crippen LogP contribution in [0.15, 0.2) is 53.4 Å². The fourth-order valence-corrected chi connectivity index (χ4v) is 3.40. The van der Waals surface area contributed by atoms with Crippen molar-refractivity contribution in [2.45, 2.75) is 38.1 Å². The van der Waals surface area contributed by atoms with Gasteiger partial charge in [-0.15, -0.1) is 0 Å². The van der Waals surface area contributed by atoms with Gasteiger partial charge in [0.2, 0.25) is 10.0 Å². The summed E-state index contributed by atoms with van der Waals surface area (Å²) in [7, 11) is -3.47. The molecule has 3 nitrogen and oxygen atoms in total. The molecule has 0 atom stereocenters. The molecule has 0 saturated heterocycles. The summed E-state index contributed by atoms with van der Waals surface area (Å²) in [6, 6.07) is 15.0. The van der Waals surface area contributed by atoms with Crippen LogP contribution >= 0.6 is 0 Å². The van der Waals surface area contributed by atoms with Gasteiger partial charge in [0, 0.05) is 6.54 Å². The van der Waals surface area contributed by atoms with E-state index in [4.69, 9.17) is 0 Å². The van der Waals surface area contributed by atoms with Crippen molar-refractivity contribution in [1.82, 2.24) is 4.72 Å². The van der Waals surface area contributed by atoms with Crippen LogP contribution in [0.2, 0.25) is 0 Å². The van der Waals surface area contributed by atoms with Crippen LogP contribution in [0.4, 0.5) is 0 Å². The van der Waals surface area contributed by atoms with Crippen LogP contribution in [-0.4, -0.2) is 8.42 Å². The lowest BCUT2D eigenvalue weighted by molar-refractivity contribution is 0.580. The first-order valence-electron chi connectivity index (χ1n) is 7.04. The molecular weight excluding hydrogens is 282 g/mol. The Morgan fingerprint density at radius 3 is 2.19 bits per heavy atom. The Balaban J connectivity index is 2.10. The summed E-state index contributed by atoms with van der Waals surface area (Å²) in [5.74, 6) is 0.475. The fourth-order valence-electron chi connectivity index (χ4n) is 2.13. The van der Waals surface area contributed by atoms with Gasteiger partial charge >= 0.3 is 0 Å². The Hall–Kier alpha value is -1.65. The third-order valence-corrected chi connectivity index (χ3v) is 5.06. The van der Waals surface area contributed by atoms with Gasteiger partial charge in [0.05, 0.1) is 4.90 Å². The van der Waals surface area contributed by atoms with Gasteiger partial charge in [-0.3, -0.25) is 0 Å². The van der Waals surface area contributed by atoms with Crippen molar-refractivity contribution < 1.29 is 8.42 Å². The monoisotopic (exact) mass is 303 g/mol. The van der Waals surface area contributed by atoms with E-state index in [1.165, 1.54) is 5.56 Å². The summed E-state index contributed by atoms with van der Waals surface area (Å²) in [6.45, 7) is 6.37. The second-order valence-electron chi connectivity index (χ2n) is 5.49. The van der Waals surface area contributed by atoms with E-state index in [9.17, 15) is 8.42 Å². The lowest BCUT2D eigenvalue weighted by atomic mass is 10.0. The molecule has 0 aliphatic carbocycles. The van der Waals surface area contributed by atoms with Gasteiger partial charge in [-0.05, 0) is 35.6 Å². The van der Waals surface area contributed by atoms with E-state index in [1.807, 2.05) is 30.3 Å². The molecule has 2 rings (SSSR count). The summed E-state index contributed by atoms with van der Waals surface area (Å²) in [6.07, 6.45) is 0. The number of benzene rings is 2. The first-order valence-corrected chi connectivity index (χ1v) is 8.52. The van der Waals surface area contributed by atoms with Crippen molar-refractivity contribution in [2.24, 2.45) is 0 Å². The number of aryl methyl sites for hydroxylation is 1. The molecule has 0 unspecified atom stereocenters. The average Bonchev–Trinajstić information content (AvgIpc) is 2.46. The maximum atomic E-state index is 12.3. The molecule has 2 aromatic rings. The molecule has 112 valence electrons. The lowest BCUT2D eigenvalue weighted by Gasteiger charge is -2.10. The molecule has 2 aromatic carbocycles. The minimum atomic E-state index is -3.47. The Labute approximate surface area is 127 Å². The van der Waals surface area contributed by atoms with Gasteiger partial charge in [0.15, 0.2) is 0 Å². The lowest BCUT2D eigenvalue weighted by Crippen LogP contribution is -2.23. The van der Waals surface area contributed by atoms with Crippen molar-refractivity contribution in [2.75, 3.05) is 0 Å². The quantitative estimate of drug-likeness (QED) is 0.917. The first-order chi connectivity index (χ1) is 9.90. The Morgan fingerprint density at radius 1 is 1.00 bits per heavy atom. The Kier molecular flexibility index (Phi) is 4.80. The number of hydrogen-bond acceptors (Lipinski definition) is 2. The molecule has 0 saturated carbocycles. The smallest absolute Gasteiger partial charge is 0.207 e. The molecule has 0 bridgehead atoms. The number of sulfonamides is 1. The van der Waals surface area contributed by atoms with Gasteiger partial charge in [-0.2, -0.15) is 0 Å². The second-order valence-corrected chi connectivity index (χ2v) is 7.22. The molecular formula is C17H21NO2S. The van der Waals surface area contributed by atoms with Gasteiger partial charge in [0.25, 0.3) is 0 Å². The van der Waals surface area contributed by atoms with Crippen LogP contribution in [-0.2, 0) is 16.6 Å². The maximum absolute atomic E-state index is 12.3. The molecule has 21 heavy (non-hydrogen) atoms. The minimum Gasteiger partial charge on any atom is -0.207 e. The highest BCUT2D eigenvalue weighted by Crippen LogP contribution is 2.16. The average molecular weight is 303 g/mol. The van der Waals surface area contributed by atoms with Crippen molar-refractivity contribution in [1.29, 1.82) is 0 Å². The predicted molar refractivity (Wildman–Crippen MR) is 85.7 cm³/mol. The molecule has 0 radical (unpaired) electrons. The van der Waals surface area contributed by atoms with E-state index in [0.29, 0.717) is 17.4 Å². The standard InChI is InChI=1S/C17H21NO2S/c1-13(2)16-10-8-15(9-11-16)12-18-21(19,20)17-7-5-4-6-14(17)3/h4-11,13,18H,12H2,1-3H3.